The van der Waals surface area contributed by atoms with Crippen molar-refractivity contribution in [2.24, 2.45) is 5.10 Å². The molecule has 2 N–H and O–H groups in total. The molecule has 1 amide bonds. The van der Waals surface area contributed by atoms with Gasteiger partial charge in [0.2, 0.25) is 0 Å². The van der Waals surface area contributed by atoms with E-state index in [4.69, 9.17) is 0 Å². The Kier molecular flexibility index (Phi) is 8.36. The van der Waals surface area contributed by atoms with E-state index >= 15 is 0 Å². The lowest BCUT2D eigenvalue weighted by Crippen LogP contribution is -2.26. The SMILES string of the molecule is CCCN(CCC)c1ccc(/C=N\NC(=O)CNc2ccccc2C)cc1. The second kappa shape index (κ2) is 11.0. The number of carbonyl (C=O) groups is 1. The molecule has 5 heteroatoms. The second-order valence-corrected chi connectivity index (χ2v) is 6.54. The summed E-state index contributed by atoms with van der Waals surface area (Å²) in [4.78, 5) is 14.3. The third-order valence-electron chi connectivity index (χ3n) is 4.23. The van der Waals surface area contributed by atoms with Gasteiger partial charge in [0.15, 0.2) is 0 Å². The van der Waals surface area contributed by atoms with E-state index in [1.54, 1.807) is 6.21 Å². The van der Waals surface area contributed by atoms with Gasteiger partial charge >= 0.3 is 0 Å². The van der Waals surface area contributed by atoms with Gasteiger partial charge in [0, 0.05) is 24.5 Å². The lowest BCUT2D eigenvalue weighted by atomic mass is 10.2. The summed E-state index contributed by atoms with van der Waals surface area (Å²) in [6.45, 7) is 8.70. The molecule has 0 spiro atoms. The van der Waals surface area contributed by atoms with E-state index in [1.165, 1.54) is 5.69 Å². The number of hydrazone groups is 1. The first-order valence-corrected chi connectivity index (χ1v) is 9.60. The number of amides is 1. The number of carbonyl (C=O) groups excluding carboxylic acids is 1. The van der Waals surface area contributed by atoms with Gasteiger partial charge in [-0.05, 0) is 49.1 Å². The first-order valence-electron chi connectivity index (χ1n) is 9.60. The Hall–Kier alpha value is -2.82. The minimum Gasteiger partial charge on any atom is -0.376 e. The van der Waals surface area contributed by atoms with Crippen LogP contribution < -0.4 is 15.6 Å². The zero-order valence-corrected chi connectivity index (χ0v) is 16.5. The van der Waals surface area contributed by atoms with E-state index in [0.29, 0.717) is 0 Å². The van der Waals surface area contributed by atoms with Crippen LogP contribution in [0.2, 0.25) is 0 Å². The molecule has 5 nitrogen and oxygen atoms in total. The third-order valence-corrected chi connectivity index (χ3v) is 4.23. The van der Waals surface area contributed by atoms with E-state index in [2.05, 4.69) is 46.7 Å². The number of aryl methyl sites for hydroxylation is 1. The molecule has 0 heterocycles. The molecule has 0 radical (unpaired) electrons. The molecule has 0 saturated heterocycles. The summed E-state index contributed by atoms with van der Waals surface area (Å²) in [6.07, 6.45) is 3.93. The maximum atomic E-state index is 11.9. The molecule has 0 atom stereocenters. The highest BCUT2D eigenvalue weighted by Gasteiger charge is 2.04. The van der Waals surface area contributed by atoms with Gasteiger partial charge in [-0.15, -0.1) is 0 Å². The molecule has 2 aromatic rings. The van der Waals surface area contributed by atoms with Gasteiger partial charge in [-0.25, -0.2) is 5.43 Å². The molecule has 0 saturated carbocycles. The number of anilines is 2. The van der Waals surface area contributed by atoms with Crippen molar-refractivity contribution in [3.8, 4) is 0 Å². The number of nitrogens with zero attached hydrogens (tertiary/aromatic N) is 2. The van der Waals surface area contributed by atoms with Crippen LogP contribution in [0.1, 0.15) is 37.8 Å². The van der Waals surface area contributed by atoms with E-state index in [0.717, 1.165) is 42.7 Å². The largest absolute Gasteiger partial charge is 0.376 e. The topological polar surface area (TPSA) is 56.7 Å². The summed E-state index contributed by atoms with van der Waals surface area (Å²) in [5, 5.41) is 7.16. The maximum Gasteiger partial charge on any atom is 0.259 e. The van der Waals surface area contributed by atoms with Crippen molar-refractivity contribution < 1.29 is 4.79 Å². The molecule has 27 heavy (non-hydrogen) atoms. The van der Waals surface area contributed by atoms with Crippen LogP contribution in [0.4, 0.5) is 11.4 Å². The number of rotatable bonds is 10. The molecule has 2 aromatic carbocycles. The molecule has 2 rings (SSSR count). The lowest BCUT2D eigenvalue weighted by Gasteiger charge is -2.23. The van der Waals surface area contributed by atoms with E-state index in [-0.39, 0.29) is 12.5 Å². The molecular formula is C22H30N4O. The average molecular weight is 367 g/mol. The molecule has 144 valence electrons. The summed E-state index contributed by atoms with van der Waals surface area (Å²) in [6, 6.07) is 16.1. The van der Waals surface area contributed by atoms with Crippen molar-refractivity contribution in [2.75, 3.05) is 29.9 Å². The normalized spacial score (nSPS) is 10.8. The number of hydrogen-bond donors (Lipinski definition) is 2. The van der Waals surface area contributed by atoms with Crippen LogP contribution in [0.3, 0.4) is 0 Å². The van der Waals surface area contributed by atoms with Gasteiger partial charge < -0.3 is 10.2 Å². The monoisotopic (exact) mass is 366 g/mol. The van der Waals surface area contributed by atoms with Crippen LogP contribution in [0.15, 0.2) is 53.6 Å². The number of para-hydroxylation sites is 1. The predicted molar refractivity (Wildman–Crippen MR) is 115 cm³/mol. The quantitative estimate of drug-likeness (QED) is 0.490. The molecule has 0 aromatic heterocycles. The van der Waals surface area contributed by atoms with Gasteiger partial charge in [0.25, 0.3) is 5.91 Å². The second-order valence-electron chi connectivity index (χ2n) is 6.54. The average Bonchev–Trinajstić information content (AvgIpc) is 2.68. The molecular weight excluding hydrogens is 336 g/mol. The molecule has 0 aliphatic rings. The highest BCUT2D eigenvalue weighted by molar-refractivity contribution is 5.84. The highest BCUT2D eigenvalue weighted by atomic mass is 16.2. The zero-order chi connectivity index (χ0) is 19.5. The Morgan fingerprint density at radius 1 is 1.04 bits per heavy atom. The maximum absolute atomic E-state index is 11.9. The lowest BCUT2D eigenvalue weighted by molar-refractivity contribution is -0.119. The van der Waals surface area contributed by atoms with Gasteiger partial charge in [0.05, 0.1) is 12.8 Å². The Morgan fingerprint density at radius 3 is 2.33 bits per heavy atom. The van der Waals surface area contributed by atoms with Gasteiger partial charge in [-0.2, -0.15) is 5.10 Å². The van der Waals surface area contributed by atoms with E-state index < -0.39 is 0 Å². The Labute approximate surface area is 162 Å². The summed E-state index contributed by atoms with van der Waals surface area (Å²) >= 11 is 0. The third kappa shape index (κ3) is 6.77. The molecule has 0 fully saturated rings. The highest BCUT2D eigenvalue weighted by Crippen LogP contribution is 2.15. The van der Waals surface area contributed by atoms with E-state index in [1.807, 2.05) is 43.3 Å². The first kappa shape index (κ1) is 20.5. The first-order chi connectivity index (χ1) is 13.1. The van der Waals surface area contributed by atoms with Crippen molar-refractivity contribution in [2.45, 2.75) is 33.6 Å². The Bertz CT molecular complexity index is 734. The van der Waals surface area contributed by atoms with Crippen LogP contribution >= 0.6 is 0 Å². The van der Waals surface area contributed by atoms with Crippen molar-refractivity contribution in [3.63, 3.8) is 0 Å². The smallest absolute Gasteiger partial charge is 0.259 e. The minimum atomic E-state index is -0.178. The van der Waals surface area contributed by atoms with Gasteiger partial charge in [-0.1, -0.05) is 44.2 Å². The predicted octanol–water partition coefficient (Wildman–Crippen LogP) is 4.18. The fraction of sp³-hybridized carbons (Fsp3) is 0.364. The van der Waals surface area contributed by atoms with Crippen LogP contribution in [-0.4, -0.2) is 31.8 Å². The summed E-state index contributed by atoms with van der Waals surface area (Å²) in [5.41, 5.74) is 6.80. The van der Waals surface area contributed by atoms with Crippen LogP contribution in [-0.2, 0) is 4.79 Å². The number of hydrogen-bond acceptors (Lipinski definition) is 4. The Balaban J connectivity index is 1.83. The molecule has 0 aliphatic carbocycles. The van der Waals surface area contributed by atoms with E-state index in [9.17, 15) is 4.79 Å². The standard InChI is InChI=1S/C22H30N4O/c1-4-14-26(15-5-2)20-12-10-19(11-13-20)16-24-25-22(27)17-23-21-9-7-6-8-18(21)3/h6-13,16,23H,4-5,14-15,17H2,1-3H3,(H,25,27)/b24-16-. The molecule has 0 aliphatic heterocycles. The van der Waals surface area contributed by atoms with Crippen LogP contribution in [0.25, 0.3) is 0 Å². The summed E-state index contributed by atoms with van der Waals surface area (Å²) in [5.74, 6) is -0.178. The van der Waals surface area contributed by atoms with Gasteiger partial charge in [-0.3, -0.25) is 4.79 Å². The van der Waals surface area contributed by atoms with Crippen molar-refractivity contribution >= 4 is 23.5 Å². The zero-order valence-electron chi connectivity index (χ0n) is 16.5. The summed E-state index contributed by atoms with van der Waals surface area (Å²) < 4.78 is 0. The molecule has 0 bridgehead atoms. The van der Waals surface area contributed by atoms with Gasteiger partial charge in [0.1, 0.15) is 0 Å². The minimum absolute atomic E-state index is 0.178. The molecule has 0 unspecified atom stereocenters. The van der Waals surface area contributed by atoms with Crippen molar-refractivity contribution in [1.82, 2.24) is 5.43 Å². The fourth-order valence-corrected chi connectivity index (χ4v) is 2.85. The van der Waals surface area contributed by atoms with Crippen LogP contribution in [0, 0.1) is 6.92 Å². The van der Waals surface area contributed by atoms with Crippen molar-refractivity contribution in [1.29, 1.82) is 0 Å². The summed E-state index contributed by atoms with van der Waals surface area (Å²) in [7, 11) is 0. The number of benzene rings is 2. The Morgan fingerprint density at radius 2 is 1.70 bits per heavy atom. The fourth-order valence-electron chi connectivity index (χ4n) is 2.85. The van der Waals surface area contributed by atoms with Crippen molar-refractivity contribution in [3.05, 3.63) is 59.7 Å². The number of nitrogens with one attached hydrogen (secondary N) is 2. The van der Waals surface area contributed by atoms with Crippen LogP contribution in [0.5, 0.6) is 0 Å².